The van der Waals surface area contributed by atoms with Crippen LogP contribution in [0.2, 0.25) is 0 Å². The van der Waals surface area contributed by atoms with Gasteiger partial charge < -0.3 is 9.84 Å². The van der Waals surface area contributed by atoms with Crippen LogP contribution in [0.25, 0.3) is 10.8 Å². The number of halogens is 3. The van der Waals surface area contributed by atoms with Gasteiger partial charge in [-0.2, -0.15) is 13.2 Å². The third kappa shape index (κ3) is 5.20. The molecule has 2 aromatic carbocycles. The number of carboxylic acids is 1. The number of carboxylic acid groups (broad SMARTS) is 1. The van der Waals surface area contributed by atoms with Crippen molar-refractivity contribution >= 4 is 16.7 Å². The molecule has 1 saturated carbocycles. The maximum Gasteiger partial charge on any atom is 0.420 e. The van der Waals surface area contributed by atoms with E-state index in [0.717, 1.165) is 31.2 Å². The Kier molecular flexibility index (Phi) is 6.65. The predicted octanol–water partition coefficient (Wildman–Crippen LogP) is 6.11. The van der Waals surface area contributed by atoms with E-state index in [4.69, 9.17) is 9.84 Å². The van der Waals surface area contributed by atoms with Crippen molar-refractivity contribution in [3.63, 3.8) is 0 Å². The van der Waals surface area contributed by atoms with Gasteiger partial charge in [0.1, 0.15) is 11.3 Å². The Morgan fingerprint density at radius 3 is 2.38 bits per heavy atom. The van der Waals surface area contributed by atoms with E-state index in [1.165, 1.54) is 6.07 Å². The van der Waals surface area contributed by atoms with Gasteiger partial charge in [0.15, 0.2) is 0 Å². The molecule has 4 nitrogen and oxygen atoms in total. The fraction of sp³-hybridized carbons (Fsp3) is 0.560. The number of rotatable bonds is 5. The minimum absolute atomic E-state index is 0.0759. The van der Waals surface area contributed by atoms with E-state index >= 15 is 0 Å². The Hall–Kier alpha value is -2.28. The summed E-state index contributed by atoms with van der Waals surface area (Å²) >= 11 is 0. The van der Waals surface area contributed by atoms with Crippen LogP contribution in [-0.2, 0) is 17.5 Å². The normalized spacial score (nSPS) is 23.4. The van der Waals surface area contributed by atoms with Crippen molar-refractivity contribution in [2.45, 2.75) is 64.3 Å². The topological polar surface area (TPSA) is 49.8 Å². The smallest absolute Gasteiger partial charge is 0.420 e. The number of alkyl halides is 3. The average molecular weight is 450 g/mol. The van der Waals surface area contributed by atoms with Crippen LogP contribution >= 0.6 is 0 Å². The first-order valence-electron chi connectivity index (χ1n) is 11.5. The van der Waals surface area contributed by atoms with E-state index in [1.54, 1.807) is 24.3 Å². The lowest BCUT2D eigenvalue weighted by Crippen LogP contribution is -2.35. The number of carbonyl (C=O) groups is 1. The predicted molar refractivity (Wildman–Crippen MR) is 117 cm³/mol. The molecule has 1 aliphatic heterocycles. The lowest BCUT2D eigenvalue weighted by molar-refractivity contribution is -0.143. The van der Waals surface area contributed by atoms with E-state index in [2.05, 4.69) is 11.8 Å². The van der Waals surface area contributed by atoms with E-state index in [0.29, 0.717) is 43.8 Å². The molecular weight excluding hydrogens is 419 g/mol. The Bertz CT molecular complexity index is 959. The summed E-state index contributed by atoms with van der Waals surface area (Å²) in [4.78, 5) is 13.3. The van der Waals surface area contributed by atoms with Gasteiger partial charge in [-0.15, -0.1) is 0 Å². The summed E-state index contributed by atoms with van der Waals surface area (Å²) in [7, 11) is 0. The Labute approximate surface area is 186 Å². The maximum absolute atomic E-state index is 14.0. The standard InChI is InChI=1S/C25H30F3NO3/c1-16-2-6-20(7-3-16)32-22-9-5-19-14-17(4-8-21(19)23(22)25(26,27)28)15-29-12-10-18(11-13-29)24(30)31/h4-5,8-9,14,16,18,20H,2-3,6-7,10-13,15H2,1H3,(H,30,31)/t16-,20+. The maximum atomic E-state index is 14.0. The number of benzene rings is 2. The Morgan fingerprint density at radius 1 is 1.06 bits per heavy atom. The zero-order chi connectivity index (χ0) is 22.9. The Morgan fingerprint density at radius 2 is 1.75 bits per heavy atom. The molecule has 7 heteroatoms. The second-order valence-corrected chi connectivity index (χ2v) is 9.38. The summed E-state index contributed by atoms with van der Waals surface area (Å²) in [5.74, 6) is -0.534. The molecule has 0 amide bonds. The number of hydrogen-bond donors (Lipinski definition) is 1. The van der Waals surface area contributed by atoms with Gasteiger partial charge in [0, 0.05) is 6.54 Å². The molecule has 2 fully saturated rings. The van der Waals surface area contributed by atoms with Gasteiger partial charge in [-0.25, -0.2) is 0 Å². The van der Waals surface area contributed by atoms with Crippen LogP contribution in [0, 0.1) is 11.8 Å². The third-order valence-electron chi connectivity index (χ3n) is 6.93. The molecule has 2 aromatic rings. The van der Waals surface area contributed by atoms with Crippen molar-refractivity contribution in [3.8, 4) is 5.75 Å². The van der Waals surface area contributed by atoms with Crippen molar-refractivity contribution in [2.24, 2.45) is 11.8 Å². The minimum atomic E-state index is -4.50. The minimum Gasteiger partial charge on any atom is -0.490 e. The van der Waals surface area contributed by atoms with Gasteiger partial charge in [-0.1, -0.05) is 25.1 Å². The summed E-state index contributed by atoms with van der Waals surface area (Å²) < 4.78 is 48.0. The van der Waals surface area contributed by atoms with E-state index in [1.807, 2.05) is 0 Å². The van der Waals surface area contributed by atoms with Gasteiger partial charge in [0.05, 0.1) is 12.0 Å². The highest BCUT2D eigenvalue weighted by atomic mass is 19.4. The number of nitrogens with zero attached hydrogens (tertiary/aromatic N) is 1. The monoisotopic (exact) mass is 449 g/mol. The SMILES string of the molecule is C[C@H]1CC[C@@H](Oc2ccc3cc(CN4CCC(C(=O)O)CC4)ccc3c2C(F)(F)F)CC1. The van der Waals surface area contributed by atoms with Crippen LogP contribution in [0.4, 0.5) is 13.2 Å². The molecule has 0 bridgehead atoms. The van der Waals surface area contributed by atoms with Crippen LogP contribution in [0.5, 0.6) is 5.75 Å². The second kappa shape index (κ2) is 9.30. The lowest BCUT2D eigenvalue weighted by Gasteiger charge is -2.30. The van der Waals surface area contributed by atoms with Gasteiger partial charge in [0.2, 0.25) is 0 Å². The fourth-order valence-corrected chi connectivity index (χ4v) is 4.97. The molecule has 32 heavy (non-hydrogen) atoms. The van der Waals surface area contributed by atoms with Crippen molar-refractivity contribution in [1.82, 2.24) is 4.90 Å². The highest BCUT2D eigenvalue weighted by Crippen LogP contribution is 2.42. The number of piperidine rings is 1. The Balaban J connectivity index is 1.54. The molecule has 0 radical (unpaired) electrons. The van der Waals surface area contributed by atoms with Crippen LogP contribution in [-0.4, -0.2) is 35.2 Å². The first-order valence-corrected chi connectivity index (χ1v) is 11.5. The van der Waals surface area contributed by atoms with Crippen LogP contribution < -0.4 is 4.74 Å². The molecule has 1 saturated heterocycles. The highest BCUT2D eigenvalue weighted by molar-refractivity contribution is 5.89. The number of hydrogen-bond acceptors (Lipinski definition) is 3. The molecule has 1 heterocycles. The number of aliphatic carboxylic acids is 1. The van der Waals surface area contributed by atoms with E-state index < -0.39 is 17.7 Å². The molecule has 2 aliphatic rings. The average Bonchev–Trinajstić information content (AvgIpc) is 2.75. The molecule has 0 spiro atoms. The molecular formula is C25H30F3NO3. The zero-order valence-electron chi connectivity index (χ0n) is 18.3. The van der Waals surface area contributed by atoms with Gasteiger partial charge >= 0.3 is 12.1 Å². The number of fused-ring (bicyclic) bond motifs is 1. The molecule has 0 atom stereocenters. The summed E-state index contributed by atoms with van der Waals surface area (Å²) in [5, 5.41) is 9.84. The van der Waals surface area contributed by atoms with Crippen molar-refractivity contribution in [3.05, 3.63) is 41.5 Å². The van der Waals surface area contributed by atoms with Gasteiger partial charge in [-0.3, -0.25) is 9.69 Å². The lowest BCUT2D eigenvalue weighted by atomic mass is 9.89. The summed E-state index contributed by atoms with van der Waals surface area (Å²) in [6.07, 6.45) is 0.0554. The number of likely N-dealkylation sites (tertiary alicyclic amines) is 1. The second-order valence-electron chi connectivity index (χ2n) is 9.38. The molecule has 0 aromatic heterocycles. The molecule has 1 N–H and O–H groups in total. The quantitative estimate of drug-likeness (QED) is 0.598. The summed E-state index contributed by atoms with van der Waals surface area (Å²) in [6.45, 7) is 4.12. The molecule has 4 rings (SSSR count). The summed E-state index contributed by atoms with van der Waals surface area (Å²) in [6, 6.07) is 8.27. The van der Waals surface area contributed by atoms with Crippen LogP contribution in [0.3, 0.4) is 0 Å². The first-order chi connectivity index (χ1) is 15.2. The molecule has 1 aliphatic carbocycles. The van der Waals surface area contributed by atoms with Gasteiger partial charge in [0.25, 0.3) is 0 Å². The third-order valence-corrected chi connectivity index (χ3v) is 6.93. The van der Waals surface area contributed by atoms with Crippen molar-refractivity contribution in [2.75, 3.05) is 13.1 Å². The largest absolute Gasteiger partial charge is 0.490 e. The van der Waals surface area contributed by atoms with Crippen LogP contribution in [0.1, 0.15) is 56.6 Å². The van der Waals surface area contributed by atoms with Crippen molar-refractivity contribution < 1.29 is 27.8 Å². The van der Waals surface area contributed by atoms with E-state index in [9.17, 15) is 18.0 Å². The highest BCUT2D eigenvalue weighted by Gasteiger charge is 2.37. The van der Waals surface area contributed by atoms with E-state index in [-0.39, 0.29) is 23.2 Å². The molecule has 174 valence electrons. The zero-order valence-corrected chi connectivity index (χ0v) is 18.3. The number of ether oxygens (including phenoxy) is 1. The first kappa shape index (κ1) is 22.9. The van der Waals surface area contributed by atoms with Crippen LogP contribution in [0.15, 0.2) is 30.3 Å². The fourth-order valence-electron chi connectivity index (χ4n) is 4.97. The van der Waals surface area contributed by atoms with Gasteiger partial charge in [-0.05, 0) is 86.0 Å². The molecule has 0 unspecified atom stereocenters. The summed E-state index contributed by atoms with van der Waals surface area (Å²) in [5.41, 5.74) is 0.233. The van der Waals surface area contributed by atoms with Crippen molar-refractivity contribution in [1.29, 1.82) is 0 Å².